The average Bonchev–Trinajstić information content (AvgIpc) is 2.32. The third-order valence-electron chi connectivity index (χ3n) is 2.78. The van der Waals surface area contributed by atoms with Gasteiger partial charge in [0.1, 0.15) is 0 Å². The van der Waals surface area contributed by atoms with E-state index in [0.717, 1.165) is 35.4 Å². The van der Waals surface area contributed by atoms with E-state index in [4.69, 9.17) is 17.3 Å². The van der Waals surface area contributed by atoms with Gasteiger partial charge in [-0.3, -0.25) is 0 Å². The lowest BCUT2D eigenvalue weighted by molar-refractivity contribution is 0.877. The van der Waals surface area contributed by atoms with Crippen molar-refractivity contribution in [3.05, 3.63) is 40.5 Å². The Morgan fingerprint density at radius 1 is 1.22 bits per heavy atom. The fourth-order valence-electron chi connectivity index (χ4n) is 1.91. The molecule has 0 amide bonds. The van der Waals surface area contributed by atoms with E-state index in [1.165, 1.54) is 0 Å². The third kappa shape index (κ3) is 2.79. The highest BCUT2D eigenvalue weighted by molar-refractivity contribution is 6.30. The zero-order valence-corrected chi connectivity index (χ0v) is 11.3. The van der Waals surface area contributed by atoms with E-state index in [-0.39, 0.29) is 0 Å². The summed E-state index contributed by atoms with van der Waals surface area (Å²) < 4.78 is 0. The molecular weight excluding hydrogens is 246 g/mol. The maximum Gasteiger partial charge on any atom is 0.220 e. The molecule has 0 aliphatic heterocycles. The molecular formula is C14H16ClN3. The van der Waals surface area contributed by atoms with Crippen molar-refractivity contribution >= 4 is 17.5 Å². The molecule has 1 aromatic carbocycles. The van der Waals surface area contributed by atoms with Gasteiger partial charge < -0.3 is 5.73 Å². The molecule has 94 valence electrons. The maximum absolute atomic E-state index is 6.03. The van der Waals surface area contributed by atoms with Crippen molar-refractivity contribution in [1.82, 2.24) is 9.97 Å². The van der Waals surface area contributed by atoms with Crippen molar-refractivity contribution in [2.75, 3.05) is 5.73 Å². The largest absolute Gasteiger partial charge is 0.368 e. The predicted molar refractivity (Wildman–Crippen MR) is 75.6 cm³/mol. The smallest absolute Gasteiger partial charge is 0.220 e. The third-order valence-corrected chi connectivity index (χ3v) is 3.01. The zero-order chi connectivity index (χ0) is 13.1. The zero-order valence-electron chi connectivity index (χ0n) is 10.6. The molecule has 0 atom stereocenters. The second-order valence-corrected chi connectivity index (χ2v) is 4.75. The Balaban J connectivity index is 2.52. The van der Waals surface area contributed by atoms with Gasteiger partial charge in [-0.1, -0.05) is 31.0 Å². The van der Waals surface area contributed by atoms with Crippen molar-refractivity contribution in [1.29, 1.82) is 0 Å². The van der Waals surface area contributed by atoms with E-state index in [1.807, 2.05) is 31.2 Å². The summed E-state index contributed by atoms with van der Waals surface area (Å²) in [6.45, 7) is 4.14. The minimum absolute atomic E-state index is 0.315. The van der Waals surface area contributed by atoms with E-state index in [9.17, 15) is 0 Å². The number of benzene rings is 1. The summed E-state index contributed by atoms with van der Waals surface area (Å²) in [5.41, 5.74) is 9.70. The van der Waals surface area contributed by atoms with Crippen molar-refractivity contribution < 1.29 is 0 Å². The number of aromatic nitrogens is 2. The summed E-state index contributed by atoms with van der Waals surface area (Å²) in [6, 6.07) is 7.75. The summed E-state index contributed by atoms with van der Waals surface area (Å²) >= 11 is 6.03. The van der Waals surface area contributed by atoms with Crippen LogP contribution >= 0.6 is 11.6 Å². The molecule has 2 N–H and O–H groups in total. The summed E-state index contributed by atoms with van der Waals surface area (Å²) in [4.78, 5) is 8.53. The van der Waals surface area contributed by atoms with E-state index in [1.54, 1.807) is 0 Å². The van der Waals surface area contributed by atoms with Gasteiger partial charge in [-0.2, -0.15) is 0 Å². The molecule has 0 saturated heterocycles. The summed E-state index contributed by atoms with van der Waals surface area (Å²) in [5.74, 6) is 0.315. The Morgan fingerprint density at radius 3 is 2.72 bits per heavy atom. The number of hydrogen-bond acceptors (Lipinski definition) is 3. The maximum atomic E-state index is 6.03. The number of nitrogen functional groups attached to an aromatic ring is 1. The van der Waals surface area contributed by atoms with E-state index in [0.29, 0.717) is 11.0 Å². The van der Waals surface area contributed by atoms with Crippen LogP contribution in [-0.4, -0.2) is 9.97 Å². The lowest BCUT2D eigenvalue weighted by Crippen LogP contribution is -2.01. The summed E-state index contributed by atoms with van der Waals surface area (Å²) in [7, 11) is 0. The first kappa shape index (κ1) is 12.8. The van der Waals surface area contributed by atoms with Crippen molar-refractivity contribution in [2.24, 2.45) is 0 Å². The van der Waals surface area contributed by atoms with Crippen molar-refractivity contribution in [3.8, 4) is 11.3 Å². The molecule has 0 bridgehead atoms. The Labute approximate surface area is 112 Å². The SMILES string of the molecule is CCCc1cc(-c2cc(Cl)ccc2C)nc(N)n1. The molecule has 0 saturated carbocycles. The number of hydrogen-bond donors (Lipinski definition) is 1. The number of nitrogens with two attached hydrogens (primary N) is 1. The van der Waals surface area contributed by atoms with Crippen LogP contribution in [0.4, 0.5) is 5.95 Å². The topological polar surface area (TPSA) is 51.8 Å². The lowest BCUT2D eigenvalue weighted by atomic mass is 10.0. The van der Waals surface area contributed by atoms with Gasteiger partial charge in [0.25, 0.3) is 0 Å². The number of aryl methyl sites for hydroxylation is 2. The van der Waals surface area contributed by atoms with Crippen molar-refractivity contribution in [2.45, 2.75) is 26.7 Å². The van der Waals surface area contributed by atoms with Gasteiger partial charge in [-0.15, -0.1) is 0 Å². The minimum atomic E-state index is 0.315. The molecule has 18 heavy (non-hydrogen) atoms. The molecule has 1 aromatic heterocycles. The number of nitrogens with zero attached hydrogens (tertiary/aromatic N) is 2. The van der Waals surface area contributed by atoms with Crippen molar-refractivity contribution in [3.63, 3.8) is 0 Å². The highest BCUT2D eigenvalue weighted by Crippen LogP contribution is 2.26. The lowest BCUT2D eigenvalue weighted by Gasteiger charge is -2.08. The predicted octanol–water partition coefficient (Wildman–Crippen LogP) is 3.64. The number of anilines is 1. The Kier molecular flexibility index (Phi) is 3.82. The highest BCUT2D eigenvalue weighted by Gasteiger charge is 2.08. The molecule has 2 aromatic rings. The van der Waals surface area contributed by atoms with Gasteiger partial charge in [0.05, 0.1) is 5.69 Å². The highest BCUT2D eigenvalue weighted by atomic mass is 35.5. The average molecular weight is 262 g/mol. The van der Waals surface area contributed by atoms with Gasteiger partial charge in [0, 0.05) is 16.3 Å². The first-order valence-electron chi connectivity index (χ1n) is 6.00. The first-order chi connectivity index (χ1) is 8.60. The molecule has 0 aliphatic carbocycles. The van der Waals surface area contributed by atoms with E-state index in [2.05, 4.69) is 16.9 Å². The quantitative estimate of drug-likeness (QED) is 0.918. The molecule has 0 spiro atoms. The number of halogens is 1. The molecule has 0 fully saturated rings. The number of rotatable bonds is 3. The fraction of sp³-hybridized carbons (Fsp3) is 0.286. The molecule has 3 nitrogen and oxygen atoms in total. The van der Waals surface area contributed by atoms with Crippen LogP contribution in [0, 0.1) is 6.92 Å². The van der Waals surface area contributed by atoms with Crippen LogP contribution in [0.25, 0.3) is 11.3 Å². The van der Waals surface area contributed by atoms with Crippen LogP contribution in [0.15, 0.2) is 24.3 Å². The fourth-order valence-corrected chi connectivity index (χ4v) is 2.08. The standard InChI is InChI=1S/C14H16ClN3/c1-3-4-11-8-13(18-14(16)17-11)12-7-10(15)6-5-9(12)2/h5-8H,3-4H2,1-2H3,(H2,16,17,18). The van der Waals surface area contributed by atoms with Crippen LogP contribution in [0.5, 0.6) is 0 Å². The van der Waals surface area contributed by atoms with E-state index >= 15 is 0 Å². The van der Waals surface area contributed by atoms with Gasteiger partial charge in [0.2, 0.25) is 5.95 Å². The van der Waals surface area contributed by atoms with Crippen LogP contribution < -0.4 is 5.73 Å². The van der Waals surface area contributed by atoms with Gasteiger partial charge >= 0.3 is 0 Å². The monoisotopic (exact) mass is 261 g/mol. The summed E-state index contributed by atoms with van der Waals surface area (Å²) in [6.07, 6.45) is 1.93. The van der Waals surface area contributed by atoms with E-state index < -0.39 is 0 Å². The van der Waals surface area contributed by atoms with Gasteiger partial charge in [0.15, 0.2) is 0 Å². The van der Waals surface area contributed by atoms with Crippen LogP contribution in [0.2, 0.25) is 5.02 Å². The Bertz CT molecular complexity index is 567. The minimum Gasteiger partial charge on any atom is -0.368 e. The normalized spacial score (nSPS) is 10.6. The molecule has 0 radical (unpaired) electrons. The van der Waals surface area contributed by atoms with Crippen LogP contribution in [0.1, 0.15) is 24.6 Å². The molecule has 2 rings (SSSR count). The second-order valence-electron chi connectivity index (χ2n) is 4.31. The van der Waals surface area contributed by atoms with Gasteiger partial charge in [-0.05, 0) is 37.1 Å². The van der Waals surface area contributed by atoms with Crippen LogP contribution in [-0.2, 0) is 6.42 Å². The first-order valence-corrected chi connectivity index (χ1v) is 6.38. The van der Waals surface area contributed by atoms with Crippen LogP contribution in [0.3, 0.4) is 0 Å². The second kappa shape index (κ2) is 5.36. The molecule has 4 heteroatoms. The van der Waals surface area contributed by atoms with Gasteiger partial charge in [-0.25, -0.2) is 9.97 Å². The molecule has 1 heterocycles. The Hall–Kier alpha value is -1.61. The summed E-state index contributed by atoms with van der Waals surface area (Å²) in [5, 5.41) is 0.699. The molecule has 0 aliphatic rings. The Morgan fingerprint density at radius 2 is 2.00 bits per heavy atom. The molecule has 0 unspecified atom stereocenters.